The average Bonchev–Trinajstić information content (AvgIpc) is 2.85. The Kier molecular flexibility index (Phi) is 14.6. The first-order valence-corrected chi connectivity index (χ1v) is 13.6. The summed E-state index contributed by atoms with van der Waals surface area (Å²) in [6, 6.07) is 0. The van der Waals surface area contributed by atoms with Gasteiger partial charge < -0.3 is 14.9 Å². The third-order valence-electron chi connectivity index (χ3n) is 6.85. The molecule has 1 aliphatic rings. The third-order valence-corrected chi connectivity index (χ3v) is 6.85. The molecule has 0 bridgehead atoms. The molecule has 1 heterocycles. The molecule has 0 aromatic rings. The minimum absolute atomic E-state index is 0.0345. The fraction of sp³-hybridized carbons (Fsp3) is 0.531. The number of ketones is 1. The number of carboxylic acid groups (broad SMARTS) is 1. The van der Waals surface area contributed by atoms with Gasteiger partial charge in [0.1, 0.15) is 11.9 Å². The van der Waals surface area contributed by atoms with E-state index in [1.54, 1.807) is 13.8 Å². The average molecular weight is 527 g/mol. The Labute approximate surface area is 228 Å². The summed E-state index contributed by atoms with van der Waals surface area (Å²) in [6.45, 7) is 13.2. The highest BCUT2D eigenvalue weighted by Gasteiger charge is 2.29. The molecule has 0 aromatic carbocycles. The Hall–Kier alpha value is -2.99. The number of carbonyl (C=O) groups excluding carboxylic acids is 2. The van der Waals surface area contributed by atoms with Crippen molar-refractivity contribution in [2.75, 3.05) is 0 Å². The maximum absolute atomic E-state index is 12.9. The van der Waals surface area contributed by atoms with E-state index >= 15 is 0 Å². The Bertz CT molecular complexity index is 993. The van der Waals surface area contributed by atoms with Crippen molar-refractivity contribution in [3.63, 3.8) is 0 Å². The largest absolute Gasteiger partial charge is 0.478 e. The lowest BCUT2D eigenvalue weighted by atomic mass is 9.83. The summed E-state index contributed by atoms with van der Waals surface area (Å²) in [7, 11) is 0. The van der Waals surface area contributed by atoms with Crippen LogP contribution in [0.15, 0.2) is 71.4 Å². The molecule has 38 heavy (non-hydrogen) atoms. The molecular formula is C32H46O6. The zero-order chi connectivity index (χ0) is 28.8. The lowest BCUT2D eigenvalue weighted by Gasteiger charge is -2.25. The van der Waals surface area contributed by atoms with E-state index in [9.17, 15) is 19.5 Å². The van der Waals surface area contributed by atoms with Crippen LogP contribution >= 0.6 is 0 Å². The van der Waals surface area contributed by atoms with E-state index in [1.807, 2.05) is 58.1 Å². The molecule has 1 rings (SSSR count). The highest BCUT2D eigenvalue weighted by atomic mass is 16.5. The summed E-state index contributed by atoms with van der Waals surface area (Å²) in [5, 5.41) is 19.5. The maximum atomic E-state index is 12.9. The van der Waals surface area contributed by atoms with Gasteiger partial charge in [0.2, 0.25) is 0 Å². The maximum Gasteiger partial charge on any atom is 0.331 e. The molecule has 6 nitrogen and oxygen atoms in total. The number of unbranched alkanes of at least 4 members (excludes halogenated alkanes) is 1. The Morgan fingerprint density at radius 3 is 2.45 bits per heavy atom. The molecule has 210 valence electrons. The summed E-state index contributed by atoms with van der Waals surface area (Å²) in [6.07, 6.45) is 18.7. The lowest BCUT2D eigenvalue weighted by Crippen LogP contribution is -2.34. The van der Waals surface area contributed by atoms with Crippen molar-refractivity contribution < 1.29 is 29.3 Å². The van der Waals surface area contributed by atoms with Crippen molar-refractivity contribution in [1.29, 1.82) is 0 Å². The van der Waals surface area contributed by atoms with Crippen molar-refractivity contribution in [3.05, 3.63) is 71.4 Å². The molecule has 0 aliphatic carbocycles. The predicted octanol–water partition coefficient (Wildman–Crippen LogP) is 6.54. The SMILES string of the molecule is CCC(=C/CC/C=C/C(C)=C/C(C)C(=O)C(C)C(O)C(C)C/C(C)=C/C(=O)O)/C=C/C1OC(=O)C=CC1C. The number of Topliss-reactive ketones (excluding diaryl/α,β-unsaturated/α-hetero) is 1. The summed E-state index contributed by atoms with van der Waals surface area (Å²) >= 11 is 0. The Morgan fingerprint density at radius 1 is 1.13 bits per heavy atom. The van der Waals surface area contributed by atoms with Gasteiger partial charge in [-0.2, -0.15) is 0 Å². The number of carbonyl (C=O) groups is 3. The molecule has 6 atom stereocenters. The van der Waals surface area contributed by atoms with Crippen LogP contribution in [0.1, 0.15) is 74.1 Å². The number of aliphatic carboxylic acids is 1. The van der Waals surface area contributed by atoms with E-state index in [2.05, 4.69) is 19.1 Å². The van der Waals surface area contributed by atoms with Crippen LogP contribution in [0.4, 0.5) is 0 Å². The fourth-order valence-electron chi connectivity index (χ4n) is 4.52. The fourth-order valence-corrected chi connectivity index (χ4v) is 4.52. The van der Waals surface area contributed by atoms with E-state index in [-0.39, 0.29) is 35.6 Å². The molecule has 6 heteroatoms. The van der Waals surface area contributed by atoms with Crippen molar-refractivity contribution >= 4 is 17.7 Å². The molecule has 0 amide bonds. The molecule has 1 aliphatic heterocycles. The zero-order valence-electron chi connectivity index (χ0n) is 24.0. The second-order valence-electron chi connectivity index (χ2n) is 10.5. The van der Waals surface area contributed by atoms with Crippen LogP contribution in [0.5, 0.6) is 0 Å². The van der Waals surface area contributed by atoms with Crippen LogP contribution in [-0.2, 0) is 19.1 Å². The molecule has 0 radical (unpaired) electrons. The second-order valence-corrected chi connectivity index (χ2v) is 10.5. The van der Waals surface area contributed by atoms with Crippen LogP contribution in [0, 0.1) is 23.7 Å². The standard InChI is InChI=1S/C32H46O6/c1-8-27(15-16-28-23(4)14-17-30(35)38-28)13-11-9-10-12-21(2)18-24(5)31(36)26(7)32(37)25(6)19-22(3)20-29(33)34/h10,12-18,20,23-26,28,32,37H,8-9,11,19H2,1-7H3,(H,33,34)/b12-10+,16-15+,21-18+,22-20+,27-13-. The number of esters is 1. The molecule has 2 N–H and O–H groups in total. The molecule has 6 unspecified atom stereocenters. The van der Waals surface area contributed by atoms with Crippen molar-refractivity contribution in [1.82, 2.24) is 0 Å². The number of hydrogen-bond donors (Lipinski definition) is 2. The van der Waals surface area contributed by atoms with Gasteiger partial charge in [0.15, 0.2) is 0 Å². The normalized spacial score (nSPS) is 22.4. The highest BCUT2D eigenvalue weighted by molar-refractivity contribution is 5.85. The van der Waals surface area contributed by atoms with Crippen molar-refractivity contribution in [2.24, 2.45) is 23.7 Å². The minimum Gasteiger partial charge on any atom is -0.478 e. The molecular weight excluding hydrogens is 480 g/mol. The summed E-state index contributed by atoms with van der Waals surface area (Å²) in [5.41, 5.74) is 2.84. The van der Waals surface area contributed by atoms with Gasteiger partial charge in [0, 0.05) is 29.9 Å². The molecule has 0 spiro atoms. The van der Waals surface area contributed by atoms with E-state index < -0.39 is 18.0 Å². The van der Waals surface area contributed by atoms with Crippen LogP contribution in [-0.4, -0.2) is 40.1 Å². The number of allylic oxidation sites excluding steroid dienone is 8. The van der Waals surface area contributed by atoms with Crippen LogP contribution in [0.25, 0.3) is 0 Å². The monoisotopic (exact) mass is 526 g/mol. The molecule has 0 saturated carbocycles. The van der Waals surface area contributed by atoms with Gasteiger partial charge in [-0.25, -0.2) is 9.59 Å². The third kappa shape index (κ3) is 12.0. The van der Waals surface area contributed by atoms with Gasteiger partial charge in [0.05, 0.1) is 6.10 Å². The zero-order valence-corrected chi connectivity index (χ0v) is 24.0. The first-order chi connectivity index (χ1) is 17.8. The van der Waals surface area contributed by atoms with Crippen LogP contribution in [0.2, 0.25) is 0 Å². The number of aliphatic hydroxyl groups is 1. The number of rotatable bonds is 15. The second kappa shape index (κ2) is 16.8. The topological polar surface area (TPSA) is 101 Å². The first-order valence-electron chi connectivity index (χ1n) is 13.6. The van der Waals surface area contributed by atoms with E-state index in [4.69, 9.17) is 9.84 Å². The highest BCUT2D eigenvalue weighted by Crippen LogP contribution is 2.24. The number of ether oxygens (including phenoxy) is 1. The lowest BCUT2D eigenvalue weighted by molar-refractivity contribution is -0.143. The first kappa shape index (κ1) is 33.0. The number of carboxylic acids is 1. The smallest absolute Gasteiger partial charge is 0.331 e. The van der Waals surface area contributed by atoms with Crippen molar-refractivity contribution in [3.8, 4) is 0 Å². The van der Waals surface area contributed by atoms with E-state index in [1.165, 1.54) is 11.6 Å². The number of cyclic esters (lactones) is 1. The van der Waals surface area contributed by atoms with Gasteiger partial charge in [-0.3, -0.25) is 4.79 Å². The van der Waals surface area contributed by atoms with E-state index in [0.717, 1.165) is 30.9 Å². The van der Waals surface area contributed by atoms with Crippen molar-refractivity contribution in [2.45, 2.75) is 86.4 Å². The number of hydrogen-bond acceptors (Lipinski definition) is 5. The Morgan fingerprint density at radius 2 is 1.82 bits per heavy atom. The molecule has 0 saturated heterocycles. The molecule has 0 fully saturated rings. The molecule has 0 aromatic heterocycles. The van der Waals surface area contributed by atoms with E-state index in [0.29, 0.717) is 12.0 Å². The van der Waals surface area contributed by atoms with Crippen LogP contribution < -0.4 is 0 Å². The van der Waals surface area contributed by atoms with Crippen LogP contribution in [0.3, 0.4) is 0 Å². The van der Waals surface area contributed by atoms with Gasteiger partial charge in [0.25, 0.3) is 0 Å². The van der Waals surface area contributed by atoms with Gasteiger partial charge >= 0.3 is 11.9 Å². The summed E-state index contributed by atoms with van der Waals surface area (Å²) in [5.74, 6) is -2.30. The summed E-state index contributed by atoms with van der Waals surface area (Å²) < 4.78 is 5.36. The van der Waals surface area contributed by atoms with Gasteiger partial charge in [-0.05, 0) is 51.5 Å². The predicted molar refractivity (Wildman–Crippen MR) is 152 cm³/mol. The summed E-state index contributed by atoms with van der Waals surface area (Å²) in [4.78, 5) is 35.2. The Balaban J connectivity index is 2.60. The minimum atomic E-state index is -1.01. The van der Waals surface area contributed by atoms with Gasteiger partial charge in [-0.15, -0.1) is 0 Å². The number of aliphatic hydroxyl groups excluding tert-OH is 1. The van der Waals surface area contributed by atoms with Gasteiger partial charge in [-0.1, -0.05) is 87.8 Å². The quantitative estimate of drug-likeness (QED) is 0.109.